The SMILES string of the molecule is Cc1ccc(Cn2cc(C(CC(=O)NCc3ccncc3)c3cccc(C(F)(F)F)c3)c3ccccc32)cc1. The summed E-state index contributed by atoms with van der Waals surface area (Å²) < 4.78 is 43.0. The largest absolute Gasteiger partial charge is 0.416 e. The number of nitrogens with one attached hydrogen (secondary N) is 1. The number of hydrogen-bond acceptors (Lipinski definition) is 2. The molecule has 3 aromatic carbocycles. The zero-order chi connectivity index (χ0) is 27.4. The first-order valence-electron chi connectivity index (χ1n) is 12.7. The van der Waals surface area contributed by atoms with E-state index in [1.165, 1.54) is 11.6 Å². The molecule has 0 spiro atoms. The van der Waals surface area contributed by atoms with Gasteiger partial charge in [0, 0.05) is 54.9 Å². The zero-order valence-electron chi connectivity index (χ0n) is 21.5. The van der Waals surface area contributed by atoms with Crippen molar-refractivity contribution in [3.8, 4) is 0 Å². The number of aromatic nitrogens is 2. The van der Waals surface area contributed by atoms with Crippen LogP contribution in [-0.2, 0) is 24.1 Å². The van der Waals surface area contributed by atoms with Crippen LogP contribution in [0.3, 0.4) is 0 Å². The van der Waals surface area contributed by atoms with Crippen molar-refractivity contribution >= 4 is 16.8 Å². The monoisotopic (exact) mass is 527 g/mol. The number of halogens is 3. The average molecular weight is 528 g/mol. The molecule has 7 heteroatoms. The van der Waals surface area contributed by atoms with Crippen LogP contribution in [0.15, 0.2) is 104 Å². The summed E-state index contributed by atoms with van der Waals surface area (Å²) in [7, 11) is 0. The Kier molecular flexibility index (Phi) is 7.50. The van der Waals surface area contributed by atoms with Crippen molar-refractivity contribution in [3.63, 3.8) is 0 Å². The van der Waals surface area contributed by atoms with Gasteiger partial charge in [-0.2, -0.15) is 13.2 Å². The van der Waals surface area contributed by atoms with Crippen molar-refractivity contribution in [3.05, 3.63) is 137 Å². The summed E-state index contributed by atoms with van der Waals surface area (Å²) in [4.78, 5) is 17.2. The van der Waals surface area contributed by atoms with E-state index in [1.54, 1.807) is 18.5 Å². The number of amides is 1. The van der Waals surface area contributed by atoms with Crippen LogP contribution in [-0.4, -0.2) is 15.5 Å². The lowest BCUT2D eigenvalue weighted by Gasteiger charge is -2.19. The van der Waals surface area contributed by atoms with Gasteiger partial charge in [0.1, 0.15) is 0 Å². The molecule has 0 saturated carbocycles. The van der Waals surface area contributed by atoms with Crippen LogP contribution in [0, 0.1) is 6.92 Å². The molecule has 0 fully saturated rings. The number of carbonyl (C=O) groups excluding carboxylic acids is 1. The van der Waals surface area contributed by atoms with E-state index < -0.39 is 17.7 Å². The van der Waals surface area contributed by atoms with Gasteiger partial charge in [0.15, 0.2) is 0 Å². The summed E-state index contributed by atoms with van der Waals surface area (Å²) in [6.45, 7) is 2.95. The van der Waals surface area contributed by atoms with E-state index in [1.807, 2.05) is 49.5 Å². The molecule has 39 heavy (non-hydrogen) atoms. The van der Waals surface area contributed by atoms with E-state index in [-0.39, 0.29) is 12.3 Å². The lowest BCUT2D eigenvalue weighted by molar-refractivity contribution is -0.137. The Morgan fingerprint density at radius 2 is 1.67 bits per heavy atom. The lowest BCUT2D eigenvalue weighted by Crippen LogP contribution is -2.25. The standard InChI is InChI=1S/C32H28F3N3O/c1-22-9-11-24(12-10-22)20-38-21-29(27-7-2-3-8-30(27)38)28(25-5-4-6-26(17-25)32(33,34)35)18-31(39)37-19-23-13-15-36-16-14-23/h2-17,21,28H,18-20H2,1H3,(H,37,39). The quantitative estimate of drug-likeness (QED) is 0.231. The third kappa shape index (κ3) is 6.20. The van der Waals surface area contributed by atoms with E-state index in [9.17, 15) is 18.0 Å². The Morgan fingerprint density at radius 1 is 0.923 bits per heavy atom. The normalized spacial score (nSPS) is 12.4. The number of hydrogen-bond donors (Lipinski definition) is 1. The number of nitrogens with zero attached hydrogens (tertiary/aromatic N) is 2. The predicted octanol–water partition coefficient (Wildman–Crippen LogP) is 7.25. The number of para-hydroxylation sites is 1. The van der Waals surface area contributed by atoms with Crippen LogP contribution in [0.2, 0.25) is 0 Å². The summed E-state index contributed by atoms with van der Waals surface area (Å²) in [6, 6.07) is 25.0. The lowest BCUT2D eigenvalue weighted by atomic mass is 9.87. The van der Waals surface area contributed by atoms with Crippen molar-refractivity contribution in [2.45, 2.75) is 38.5 Å². The maximum absolute atomic E-state index is 13.6. The Balaban J connectivity index is 1.53. The highest BCUT2D eigenvalue weighted by molar-refractivity contribution is 5.87. The van der Waals surface area contributed by atoms with Gasteiger partial charge in [0.25, 0.3) is 0 Å². The maximum Gasteiger partial charge on any atom is 0.416 e. The number of alkyl halides is 3. The zero-order valence-corrected chi connectivity index (χ0v) is 21.5. The molecule has 1 N–H and O–H groups in total. The van der Waals surface area contributed by atoms with Crippen molar-refractivity contribution in [2.75, 3.05) is 0 Å². The summed E-state index contributed by atoms with van der Waals surface area (Å²) in [5.41, 5.74) is 4.66. The molecular formula is C32H28F3N3O. The topological polar surface area (TPSA) is 46.9 Å². The van der Waals surface area contributed by atoms with Crippen LogP contribution in [0.25, 0.3) is 10.9 Å². The fourth-order valence-electron chi connectivity index (χ4n) is 4.87. The number of carbonyl (C=O) groups is 1. The van der Waals surface area contributed by atoms with Crippen LogP contribution < -0.4 is 5.32 Å². The minimum atomic E-state index is -4.48. The number of fused-ring (bicyclic) bond motifs is 1. The molecule has 2 aromatic heterocycles. The molecule has 4 nitrogen and oxygen atoms in total. The highest BCUT2D eigenvalue weighted by Crippen LogP contribution is 2.38. The van der Waals surface area contributed by atoms with Crippen LogP contribution in [0.5, 0.6) is 0 Å². The number of aryl methyl sites for hydroxylation is 1. The first-order valence-corrected chi connectivity index (χ1v) is 12.7. The van der Waals surface area contributed by atoms with Gasteiger partial charge < -0.3 is 9.88 Å². The second-order valence-electron chi connectivity index (χ2n) is 9.73. The Morgan fingerprint density at radius 3 is 2.41 bits per heavy atom. The molecule has 5 rings (SSSR count). The molecule has 0 saturated heterocycles. The molecule has 1 atom stereocenters. The minimum absolute atomic E-state index is 0.00489. The summed E-state index contributed by atoms with van der Waals surface area (Å²) >= 11 is 0. The highest BCUT2D eigenvalue weighted by Gasteiger charge is 2.32. The predicted molar refractivity (Wildman–Crippen MR) is 146 cm³/mol. The van der Waals surface area contributed by atoms with E-state index >= 15 is 0 Å². The van der Waals surface area contributed by atoms with Crippen molar-refractivity contribution in [1.29, 1.82) is 0 Å². The molecular weight excluding hydrogens is 499 g/mol. The van der Waals surface area contributed by atoms with E-state index in [2.05, 4.69) is 39.1 Å². The number of rotatable bonds is 8. The van der Waals surface area contributed by atoms with Crippen LogP contribution >= 0.6 is 0 Å². The van der Waals surface area contributed by atoms with Gasteiger partial charge in [0.05, 0.1) is 5.56 Å². The summed E-state index contributed by atoms with van der Waals surface area (Å²) in [5, 5.41) is 3.83. The molecule has 1 unspecified atom stereocenters. The smallest absolute Gasteiger partial charge is 0.352 e. The second kappa shape index (κ2) is 11.2. The Bertz CT molecular complexity index is 1570. The fourth-order valence-corrected chi connectivity index (χ4v) is 4.87. The van der Waals surface area contributed by atoms with Gasteiger partial charge in [-0.1, -0.05) is 66.2 Å². The average Bonchev–Trinajstić information content (AvgIpc) is 3.30. The summed E-state index contributed by atoms with van der Waals surface area (Å²) in [5.74, 6) is -0.821. The second-order valence-corrected chi connectivity index (χ2v) is 9.73. The minimum Gasteiger partial charge on any atom is -0.352 e. The van der Waals surface area contributed by atoms with E-state index in [4.69, 9.17) is 0 Å². The molecule has 5 aromatic rings. The molecule has 198 valence electrons. The number of benzene rings is 3. The Labute approximate surface area is 225 Å². The van der Waals surface area contributed by atoms with Crippen LogP contribution in [0.4, 0.5) is 13.2 Å². The van der Waals surface area contributed by atoms with Gasteiger partial charge in [-0.25, -0.2) is 0 Å². The van der Waals surface area contributed by atoms with Gasteiger partial charge >= 0.3 is 6.18 Å². The van der Waals surface area contributed by atoms with Gasteiger partial charge in [-0.3, -0.25) is 9.78 Å². The molecule has 0 aliphatic heterocycles. The Hall–Kier alpha value is -4.39. The molecule has 0 aliphatic carbocycles. The highest BCUT2D eigenvalue weighted by atomic mass is 19.4. The molecule has 0 bridgehead atoms. The molecule has 2 heterocycles. The van der Waals surface area contributed by atoms with Gasteiger partial charge in [0.2, 0.25) is 5.91 Å². The third-order valence-electron chi connectivity index (χ3n) is 6.91. The van der Waals surface area contributed by atoms with Gasteiger partial charge in [-0.15, -0.1) is 0 Å². The molecule has 0 radical (unpaired) electrons. The third-order valence-corrected chi connectivity index (χ3v) is 6.91. The van der Waals surface area contributed by atoms with Crippen molar-refractivity contribution in [2.24, 2.45) is 0 Å². The van der Waals surface area contributed by atoms with Crippen molar-refractivity contribution in [1.82, 2.24) is 14.9 Å². The van der Waals surface area contributed by atoms with Crippen LogP contribution in [0.1, 0.15) is 45.7 Å². The molecule has 0 aliphatic rings. The van der Waals surface area contributed by atoms with E-state index in [0.717, 1.165) is 39.7 Å². The summed E-state index contributed by atoms with van der Waals surface area (Å²) in [6.07, 6.45) is 0.797. The van der Waals surface area contributed by atoms with E-state index in [0.29, 0.717) is 18.7 Å². The fraction of sp³-hybridized carbons (Fsp3) is 0.188. The number of pyridine rings is 1. The maximum atomic E-state index is 13.6. The first kappa shape index (κ1) is 26.2. The van der Waals surface area contributed by atoms with Crippen molar-refractivity contribution < 1.29 is 18.0 Å². The first-order chi connectivity index (χ1) is 18.8. The molecule has 1 amide bonds. The van der Waals surface area contributed by atoms with Gasteiger partial charge in [-0.05, 0) is 53.4 Å².